The summed E-state index contributed by atoms with van der Waals surface area (Å²) in [4.78, 5) is 18.3. The highest BCUT2D eigenvalue weighted by molar-refractivity contribution is 5.81. The fourth-order valence-electron chi connectivity index (χ4n) is 3.15. The molecule has 2 atom stereocenters. The molecule has 4 nitrogen and oxygen atoms in total. The van der Waals surface area contributed by atoms with Gasteiger partial charge in [0.05, 0.1) is 11.4 Å². The summed E-state index contributed by atoms with van der Waals surface area (Å²) in [6.07, 6.45) is 3.75. The maximum Gasteiger partial charge on any atom is 0.221 e. The summed E-state index contributed by atoms with van der Waals surface area (Å²) >= 11 is 0. The number of benzene rings is 1. The maximum atomic E-state index is 11.5. The van der Waals surface area contributed by atoms with Crippen LogP contribution in [0.1, 0.15) is 25.3 Å². The van der Waals surface area contributed by atoms with Crippen molar-refractivity contribution < 1.29 is 4.79 Å². The number of nitrogens with zero attached hydrogens (tertiary/aromatic N) is 2. The Bertz CT molecular complexity index is 650. The molecule has 1 aliphatic heterocycles. The average Bonchev–Trinajstić information content (AvgIpc) is 2.49. The Balaban J connectivity index is 1.85. The number of nitrogens with two attached hydrogens (primary N) is 1. The zero-order chi connectivity index (χ0) is 14.8. The van der Waals surface area contributed by atoms with E-state index in [-0.39, 0.29) is 11.8 Å². The third-order valence-electron chi connectivity index (χ3n) is 4.50. The van der Waals surface area contributed by atoms with Gasteiger partial charge in [0.25, 0.3) is 0 Å². The number of amides is 1. The van der Waals surface area contributed by atoms with Crippen LogP contribution in [0.15, 0.2) is 36.5 Å². The normalized spacial score (nSPS) is 23.3. The molecule has 0 bridgehead atoms. The second kappa shape index (κ2) is 5.82. The largest absolute Gasteiger partial charge is 0.369 e. The molecule has 2 heterocycles. The lowest BCUT2D eigenvalue weighted by Gasteiger charge is -2.37. The van der Waals surface area contributed by atoms with Gasteiger partial charge in [-0.2, -0.15) is 0 Å². The van der Waals surface area contributed by atoms with E-state index in [1.54, 1.807) is 0 Å². The van der Waals surface area contributed by atoms with Crippen LogP contribution < -0.4 is 5.73 Å². The number of primary amides is 1. The second-order valence-corrected chi connectivity index (χ2v) is 5.95. The SMILES string of the molecule is C[C@@H]1CC[C@@H](C(N)=O)CN1Cc1cccc2cccnc12. The molecule has 4 heteroatoms. The Kier molecular flexibility index (Phi) is 3.88. The van der Waals surface area contributed by atoms with Gasteiger partial charge in [-0.1, -0.05) is 24.3 Å². The molecular formula is C17H21N3O. The summed E-state index contributed by atoms with van der Waals surface area (Å²) in [5.41, 5.74) is 7.74. The van der Waals surface area contributed by atoms with Crippen LogP contribution in [0.5, 0.6) is 0 Å². The predicted octanol–water partition coefficient (Wildman–Crippen LogP) is 2.32. The van der Waals surface area contributed by atoms with Crippen LogP contribution in [0.25, 0.3) is 10.9 Å². The van der Waals surface area contributed by atoms with Crippen molar-refractivity contribution in [3.63, 3.8) is 0 Å². The lowest BCUT2D eigenvalue weighted by atomic mass is 9.92. The molecule has 2 N–H and O–H groups in total. The van der Waals surface area contributed by atoms with Crippen molar-refractivity contribution in [1.82, 2.24) is 9.88 Å². The monoisotopic (exact) mass is 283 g/mol. The molecule has 110 valence electrons. The Morgan fingerprint density at radius 3 is 2.95 bits per heavy atom. The van der Waals surface area contributed by atoms with Crippen LogP contribution in [-0.4, -0.2) is 28.4 Å². The van der Waals surface area contributed by atoms with Gasteiger partial charge in [-0.05, 0) is 31.4 Å². The summed E-state index contributed by atoms with van der Waals surface area (Å²) in [5, 5.41) is 1.16. The molecule has 1 aromatic heterocycles. The zero-order valence-electron chi connectivity index (χ0n) is 12.3. The van der Waals surface area contributed by atoms with Crippen LogP contribution in [0.2, 0.25) is 0 Å². The lowest BCUT2D eigenvalue weighted by molar-refractivity contribution is -0.124. The van der Waals surface area contributed by atoms with Crippen molar-refractivity contribution in [2.24, 2.45) is 11.7 Å². The smallest absolute Gasteiger partial charge is 0.221 e. The number of likely N-dealkylation sites (tertiary alicyclic amines) is 1. The highest BCUT2D eigenvalue weighted by Gasteiger charge is 2.28. The fraction of sp³-hybridized carbons (Fsp3) is 0.412. The van der Waals surface area contributed by atoms with E-state index in [2.05, 4.69) is 41.1 Å². The third kappa shape index (κ3) is 2.90. The van der Waals surface area contributed by atoms with E-state index in [1.165, 1.54) is 5.56 Å². The van der Waals surface area contributed by atoms with E-state index in [1.807, 2.05) is 12.3 Å². The van der Waals surface area contributed by atoms with Crippen LogP contribution in [0.3, 0.4) is 0 Å². The van der Waals surface area contributed by atoms with E-state index < -0.39 is 0 Å². The first kappa shape index (κ1) is 14.0. The van der Waals surface area contributed by atoms with Crippen LogP contribution in [0, 0.1) is 5.92 Å². The topological polar surface area (TPSA) is 59.2 Å². The van der Waals surface area contributed by atoms with Gasteiger partial charge >= 0.3 is 0 Å². The standard InChI is InChI=1S/C17H21N3O/c1-12-7-8-15(17(18)21)11-20(12)10-14-5-2-4-13-6-3-9-19-16(13)14/h2-6,9,12,15H,7-8,10-11H2,1H3,(H2,18,21)/t12-,15-/m1/s1. The highest BCUT2D eigenvalue weighted by Crippen LogP contribution is 2.25. The summed E-state index contributed by atoms with van der Waals surface area (Å²) in [6, 6.07) is 10.8. The lowest BCUT2D eigenvalue weighted by Crippen LogP contribution is -2.45. The molecule has 0 aliphatic carbocycles. The minimum atomic E-state index is -0.178. The van der Waals surface area contributed by atoms with Crippen molar-refractivity contribution >= 4 is 16.8 Å². The molecule has 3 rings (SSSR count). The summed E-state index contributed by atoms with van der Waals surface area (Å²) in [6.45, 7) is 3.79. The van der Waals surface area contributed by atoms with Gasteiger partial charge in [-0.3, -0.25) is 14.7 Å². The molecule has 1 aromatic carbocycles. The second-order valence-electron chi connectivity index (χ2n) is 5.95. The first-order chi connectivity index (χ1) is 10.1. The molecule has 0 saturated carbocycles. The van der Waals surface area contributed by atoms with Crippen LogP contribution in [-0.2, 0) is 11.3 Å². The molecular weight excluding hydrogens is 262 g/mol. The van der Waals surface area contributed by atoms with Gasteiger partial charge in [0.1, 0.15) is 0 Å². The number of pyridine rings is 1. The average molecular weight is 283 g/mol. The Morgan fingerprint density at radius 2 is 2.14 bits per heavy atom. The third-order valence-corrected chi connectivity index (χ3v) is 4.50. The Morgan fingerprint density at radius 1 is 1.33 bits per heavy atom. The summed E-state index contributed by atoms with van der Waals surface area (Å²) in [5.74, 6) is -0.202. The minimum Gasteiger partial charge on any atom is -0.369 e. The maximum absolute atomic E-state index is 11.5. The molecule has 0 unspecified atom stereocenters. The number of para-hydroxylation sites is 1. The highest BCUT2D eigenvalue weighted by atomic mass is 16.1. The van der Waals surface area contributed by atoms with Gasteiger partial charge in [-0.25, -0.2) is 0 Å². The van der Waals surface area contributed by atoms with Crippen LogP contribution >= 0.6 is 0 Å². The molecule has 1 fully saturated rings. The molecule has 0 spiro atoms. The van der Waals surface area contributed by atoms with Crippen molar-refractivity contribution in [2.45, 2.75) is 32.4 Å². The molecule has 1 aliphatic rings. The number of piperidine rings is 1. The quantitative estimate of drug-likeness (QED) is 0.940. The Labute approximate surface area is 125 Å². The molecule has 0 radical (unpaired) electrons. The Hall–Kier alpha value is -1.94. The summed E-state index contributed by atoms with van der Waals surface area (Å²) < 4.78 is 0. The van der Waals surface area contributed by atoms with Gasteiger partial charge in [0.15, 0.2) is 0 Å². The predicted molar refractivity (Wildman–Crippen MR) is 83.5 cm³/mol. The number of aromatic nitrogens is 1. The van der Waals surface area contributed by atoms with Crippen molar-refractivity contribution in [3.8, 4) is 0 Å². The zero-order valence-corrected chi connectivity index (χ0v) is 12.3. The number of hydrogen-bond donors (Lipinski definition) is 1. The van der Waals surface area contributed by atoms with Gasteiger partial charge in [0.2, 0.25) is 5.91 Å². The number of rotatable bonds is 3. The van der Waals surface area contributed by atoms with Crippen molar-refractivity contribution in [3.05, 3.63) is 42.1 Å². The number of carbonyl (C=O) groups excluding carboxylic acids is 1. The van der Waals surface area contributed by atoms with Gasteiger partial charge in [-0.15, -0.1) is 0 Å². The molecule has 21 heavy (non-hydrogen) atoms. The van der Waals surface area contributed by atoms with E-state index in [0.717, 1.165) is 36.8 Å². The van der Waals surface area contributed by atoms with E-state index in [0.29, 0.717) is 6.04 Å². The molecule has 1 amide bonds. The minimum absolute atomic E-state index is 0.0239. The molecule has 2 aromatic rings. The number of hydrogen-bond acceptors (Lipinski definition) is 3. The van der Waals surface area contributed by atoms with Crippen molar-refractivity contribution in [1.29, 1.82) is 0 Å². The number of fused-ring (bicyclic) bond motifs is 1. The molecule has 1 saturated heterocycles. The van der Waals surface area contributed by atoms with Gasteiger partial charge < -0.3 is 5.73 Å². The first-order valence-electron chi connectivity index (χ1n) is 7.51. The van der Waals surface area contributed by atoms with E-state index >= 15 is 0 Å². The van der Waals surface area contributed by atoms with Gasteiger partial charge in [0, 0.05) is 30.7 Å². The van der Waals surface area contributed by atoms with E-state index in [4.69, 9.17) is 5.73 Å². The van der Waals surface area contributed by atoms with E-state index in [9.17, 15) is 4.79 Å². The van der Waals surface area contributed by atoms with Crippen molar-refractivity contribution in [2.75, 3.05) is 6.54 Å². The first-order valence-corrected chi connectivity index (χ1v) is 7.51. The fourth-order valence-corrected chi connectivity index (χ4v) is 3.15. The van der Waals surface area contributed by atoms with Crippen LogP contribution in [0.4, 0.5) is 0 Å². The number of carbonyl (C=O) groups is 1. The summed E-state index contributed by atoms with van der Waals surface area (Å²) in [7, 11) is 0.